The van der Waals surface area contributed by atoms with Crippen molar-refractivity contribution in [3.63, 3.8) is 0 Å². The third-order valence-electron chi connectivity index (χ3n) is 5.47. The van der Waals surface area contributed by atoms with Crippen molar-refractivity contribution in [2.24, 2.45) is 0 Å². The molecule has 0 radical (unpaired) electrons. The fraction of sp³-hybridized carbons (Fsp3) is 0.250. The van der Waals surface area contributed by atoms with Gasteiger partial charge in [0, 0.05) is 24.6 Å². The third-order valence-corrected chi connectivity index (χ3v) is 5.47. The van der Waals surface area contributed by atoms with Crippen LogP contribution < -0.4 is 10.6 Å². The zero-order valence-corrected chi connectivity index (χ0v) is 17.7. The number of aryl methyl sites for hydroxylation is 1. The average molecular weight is 430 g/mol. The van der Waals surface area contributed by atoms with Crippen LogP contribution in [0.5, 0.6) is 0 Å². The largest absolute Gasteiger partial charge is 0.368 e. The van der Waals surface area contributed by atoms with Crippen LogP contribution in [0.1, 0.15) is 40.6 Å². The van der Waals surface area contributed by atoms with E-state index in [0.29, 0.717) is 24.6 Å². The van der Waals surface area contributed by atoms with Gasteiger partial charge in [-0.15, -0.1) is 0 Å². The molecule has 5 rings (SSSR count). The molecule has 0 saturated heterocycles. The fourth-order valence-corrected chi connectivity index (χ4v) is 3.66. The van der Waals surface area contributed by atoms with Crippen LogP contribution in [-0.2, 0) is 0 Å². The number of benzene rings is 2. The first-order valence-electron chi connectivity index (χ1n) is 10.7. The summed E-state index contributed by atoms with van der Waals surface area (Å²) in [5, 5.41) is 11.8. The Morgan fingerprint density at radius 3 is 2.53 bits per heavy atom. The Balaban J connectivity index is 1.37. The molecule has 0 atom stereocenters. The lowest BCUT2D eigenvalue weighted by atomic mass is 10.2. The van der Waals surface area contributed by atoms with Gasteiger partial charge >= 0.3 is 0 Å². The van der Waals surface area contributed by atoms with E-state index in [1.54, 1.807) is 0 Å². The van der Waals surface area contributed by atoms with Crippen molar-refractivity contribution in [3.05, 3.63) is 77.5 Å². The van der Waals surface area contributed by atoms with Crippen molar-refractivity contribution in [2.45, 2.75) is 25.7 Å². The molecule has 1 aliphatic carbocycles. The minimum absolute atomic E-state index is 0.244. The van der Waals surface area contributed by atoms with E-state index in [4.69, 9.17) is 15.1 Å². The van der Waals surface area contributed by atoms with Crippen molar-refractivity contribution < 1.29 is 9.18 Å². The van der Waals surface area contributed by atoms with E-state index in [2.05, 4.69) is 10.6 Å². The Hall–Kier alpha value is -3.81. The summed E-state index contributed by atoms with van der Waals surface area (Å²) in [4.78, 5) is 21.9. The SMILES string of the molecule is Cc1nn(-c2ccccc2)c2nc(C3CC3)nc(NCCNC(=O)c3ccc(F)cc3)c12. The first-order valence-corrected chi connectivity index (χ1v) is 10.7. The Kier molecular flexibility index (Phi) is 5.26. The predicted molar refractivity (Wildman–Crippen MR) is 121 cm³/mol. The van der Waals surface area contributed by atoms with Gasteiger partial charge in [0.05, 0.1) is 16.8 Å². The normalized spacial score (nSPS) is 13.3. The molecule has 4 aromatic rings. The van der Waals surface area contributed by atoms with E-state index < -0.39 is 0 Å². The molecule has 2 aromatic heterocycles. The highest BCUT2D eigenvalue weighted by Crippen LogP contribution is 2.40. The summed E-state index contributed by atoms with van der Waals surface area (Å²) in [5.41, 5.74) is 2.99. The van der Waals surface area contributed by atoms with E-state index in [1.165, 1.54) is 24.3 Å². The molecule has 1 fully saturated rings. The second-order valence-corrected chi connectivity index (χ2v) is 7.93. The molecule has 2 N–H and O–H groups in total. The number of hydrogen-bond acceptors (Lipinski definition) is 5. The summed E-state index contributed by atoms with van der Waals surface area (Å²) >= 11 is 0. The highest BCUT2D eigenvalue weighted by atomic mass is 19.1. The van der Waals surface area contributed by atoms with Crippen molar-refractivity contribution >= 4 is 22.8 Å². The van der Waals surface area contributed by atoms with E-state index in [-0.39, 0.29) is 11.7 Å². The zero-order chi connectivity index (χ0) is 22.1. The van der Waals surface area contributed by atoms with Crippen molar-refractivity contribution in [1.29, 1.82) is 0 Å². The maximum Gasteiger partial charge on any atom is 0.251 e. The topological polar surface area (TPSA) is 84.7 Å². The quantitative estimate of drug-likeness (QED) is 0.433. The molecule has 2 aromatic carbocycles. The number of halogens is 1. The molecule has 0 bridgehead atoms. The maximum atomic E-state index is 13.0. The molecular weight excluding hydrogens is 407 g/mol. The number of aromatic nitrogens is 4. The van der Waals surface area contributed by atoms with Crippen LogP contribution in [0.25, 0.3) is 16.7 Å². The zero-order valence-electron chi connectivity index (χ0n) is 17.7. The van der Waals surface area contributed by atoms with Crippen molar-refractivity contribution in [3.8, 4) is 5.69 Å². The number of rotatable bonds is 7. The second-order valence-electron chi connectivity index (χ2n) is 7.93. The first-order chi connectivity index (χ1) is 15.6. The summed E-state index contributed by atoms with van der Waals surface area (Å²) in [6.07, 6.45) is 2.19. The summed E-state index contributed by atoms with van der Waals surface area (Å²) < 4.78 is 14.9. The lowest BCUT2D eigenvalue weighted by Crippen LogP contribution is -2.29. The molecule has 0 aliphatic heterocycles. The second kappa shape index (κ2) is 8.37. The number of hydrogen-bond donors (Lipinski definition) is 2. The number of anilines is 1. The molecular formula is C24H23FN6O. The molecule has 1 saturated carbocycles. The number of carbonyl (C=O) groups is 1. The minimum Gasteiger partial charge on any atom is -0.368 e. The Bertz CT molecular complexity index is 1270. The van der Waals surface area contributed by atoms with Gasteiger partial charge in [-0.05, 0) is 56.2 Å². The molecule has 0 spiro atoms. The smallest absolute Gasteiger partial charge is 0.251 e. The average Bonchev–Trinajstić information content (AvgIpc) is 3.61. The molecule has 7 nitrogen and oxygen atoms in total. The van der Waals surface area contributed by atoms with Gasteiger partial charge in [-0.1, -0.05) is 18.2 Å². The molecule has 1 aliphatic rings. The molecule has 162 valence electrons. The predicted octanol–water partition coefficient (Wildman–Crippen LogP) is 3.98. The number of fused-ring (bicyclic) bond motifs is 1. The molecule has 0 unspecified atom stereocenters. The highest BCUT2D eigenvalue weighted by Gasteiger charge is 2.29. The van der Waals surface area contributed by atoms with E-state index in [9.17, 15) is 9.18 Å². The molecule has 2 heterocycles. The van der Waals surface area contributed by atoms with Gasteiger partial charge in [0.2, 0.25) is 0 Å². The standard InChI is InChI=1S/C24H23FN6O/c1-15-20-22(26-13-14-27-24(32)17-9-11-18(25)12-10-17)28-21(16-7-8-16)29-23(20)31(30-15)19-5-3-2-4-6-19/h2-6,9-12,16H,7-8,13-14H2,1H3,(H,27,32)(H,26,28,29). The number of carbonyl (C=O) groups excluding carboxylic acids is 1. The summed E-state index contributed by atoms with van der Waals surface area (Å²) in [5.74, 6) is 1.33. The Labute approximate surface area is 184 Å². The maximum absolute atomic E-state index is 13.0. The monoisotopic (exact) mass is 430 g/mol. The van der Waals surface area contributed by atoms with Gasteiger partial charge in [0.1, 0.15) is 17.5 Å². The van der Waals surface area contributed by atoms with Gasteiger partial charge in [0.25, 0.3) is 5.91 Å². The van der Waals surface area contributed by atoms with Gasteiger partial charge in [-0.2, -0.15) is 5.10 Å². The van der Waals surface area contributed by atoms with Crippen LogP contribution in [0.15, 0.2) is 54.6 Å². The van der Waals surface area contributed by atoms with Crippen LogP contribution >= 0.6 is 0 Å². The minimum atomic E-state index is -0.367. The Morgan fingerprint density at radius 2 is 1.81 bits per heavy atom. The molecule has 32 heavy (non-hydrogen) atoms. The van der Waals surface area contributed by atoms with Crippen LogP contribution in [0.3, 0.4) is 0 Å². The van der Waals surface area contributed by atoms with Crippen LogP contribution in [0.2, 0.25) is 0 Å². The van der Waals surface area contributed by atoms with Gasteiger partial charge < -0.3 is 10.6 Å². The molecule has 8 heteroatoms. The summed E-state index contributed by atoms with van der Waals surface area (Å²) in [7, 11) is 0. The van der Waals surface area contributed by atoms with Crippen molar-refractivity contribution in [2.75, 3.05) is 18.4 Å². The molecule has 1 amide bonds. The Morgan fingerprint density at radius 1 is 1.06 bits per heavy atom. The highest BCUT2D eigenvalue weighted by molar-refractivity contribution is 5.94. The van der Waals surface area contributed by atoms with Crippen LogP contribution in [0.4, 0.5) is 10.2 Å². The van der Waals surface area contributed by atoms with Gasteiger partial charge in [0.15, 0.2) is 5.65 Å². The lowest BCUT2D eigenvalue weighted by molar-refractivity contribution is 0.0955. The number of nitrogens with one attached hydrogen (secondary N) is 2. The van der Waals surface area contributed by atoms with Gasteiger partial charge in [-0.25, -0.2) is 19.0 Å². The number of para-hydroxylation sites is 1. The number of amides is 1. The third kappa shape index (κ3) is 4.03. The number of nitrogens with zero attached hydrogens (tertiary/aromatic N) is 4. The van der Waals surface area contributed by atoms with Crippen LogP contribution in [-0.4, -0.2) is 38.7 Å². The lowest BCUT2D eigenvalue weighted by Gasteiger charge is -2.11. The van der Waals surface area contributed by atoms with Crippen LogP contribution in [0, 0.1) is 12.7 Å². The summed E-state index contributed by atoms with van der Waals surface area (Å²) in [6, 6.07) is 15.4. The van der Waals surface area contributed by atoms with E-state index >= 15 is 0 Å². The first kappa shape index (κ1) is 20.1. The fourth-order valence-electron chi connectivity index (χ4n) is 3.66. The van der Waals surface area contributed by atoms with E-state index in [0.717, 1.165) is 46.9 Å². The van der Waals surface area contributed by atoms with E-state index in [1.807, 2.05) is 41.9 Å². The summed E-state index contributed by atoms with van der Waals surface area (Å²) in [6.45, 7) is 2.83. The van der Waals surface area contributed by atoms with Crippen molar-refractivity contribution in [1.82, 2.24) is 25.1 Å². The van der Waals surface area contributed by atoms with Gasteiger partial charge in [-0.3, -0.25) is 4.79 Å².